The van der Waals surface area contributed by atoms with Gasteiger partial charge in [-0.05, 0) is 72.4 Å². The summed E-state index contributed by atoms with van der Waals surface area (Å²) in [4.78, 5) is 12.7. The van der Waals surface area contributed by atoms with Crippen molar-refractivity contribution in [2.75, 3.05) is 5.32 Å². The van der Waals surface area contributed by atoms with Crippen LogP contribution in [0.2, 0.25) is 0 Å². The number of hydrogen-bond acceptors (Lipinski definition) is 2. The van der Waals surface area contributed by atoms with Crippen molar-refractivity contribution in [1.29, 1.82) is 5.26 Å². The minimum atomic E-state index is -0.411. The average molecular weight is 445 g/mol. The van der Waals surface area contributed by atoms with Gasteiger partial charge in [0, 0.05) is 10.2 Å². The third kappa shape index (κ3) is 5.22. The molecule has 3 rings (SSSR count). The van der Waals surface area contributed by atoms with Gasteiger partial charge in [0.05, 0.1) is 0 Å². The Bertz CT molecular complexity index is 1130. The fourth-order valence-corrected chi connectivity index (χ4v) is 3.43. The first kappa shape index (κ1) is 20.6. The summed E-state index contributed by atoms with van der Waals surface area (Å²) in [5, 5.41) is 12.4. The summed E-state index contributed by atoms with van der Waals surface area (Å²) in [5.41, 5.74) is 6.04. The van der Waals surface area contributed by atoms with Crippen molar-refractivity contribution in [2.45, 2.75) is 20.3 Å². The monoisotopic (exact) mass is 444 g/mol. The number of carbonyl (C=O) groups is 1. The lowest BCUT2D eigenvalue weighted by Gasteiger charge is -2.10. The molecular formula is C25H21BrN2O. The number of anilines is 1. The first-order chi connectivity index (χ1) is 14.0. The van der Waals surface area contributed by atoms with Crippen LogP contribution < -0.4 is 5.32 Å². The number of nitrogens with zero attached hydrogens (tertiary/aromatic N) is 1. The number of carbonyl (C=O) groups excluding carboxylic acids is 1. The highest BCUT2D eigenvalue weighted by Crippen LogP contribution is 2.23. The van der Waals surface area contributed by atoms with Gasteiger partial charge < -0.3 is 5.32 Å². The molecule has 0 atom stereocenters. The SMILES string of the molecule is Cc1ccc(NC(=O)/C(C#N)=C/c2ccccc2Cc2ccccc2Br)cc1C. The third-order valence-corrected chi connectivity index (χ3v) is 5.60. The van der Waals surface area contributed by atoms with Crippen LogP contribution in [0.3, 0.4) is 0 Å². The molecule has 0 saturated carbocycles. The number of nitrogens with one attached hydrogen (secondary N) is 1. The molecule has 0 radical (unpaired) electrons. The molecule has 3 nitrogen and oxygen atoms in total. The second-order valence-electron chi connectivity index (χ2n) is 6.89. The first-order valence-electron chi connectivity index (χ1n) is 9.29. The average Bonchev–Trinajstić information content (AvgIpc) is 2.71. The van der Waals surface area contributed by atoms with Gasteiger partial charge >= 0.3 is 0 Å². The summed E-state index contributed by atoms with van der Waals surface area (Å²) in [6.45, 7) is 4.01. The lowest BCUT2D eigenvalue weighted by atomic mass is 9.98. The van der Waals surface area contributed by atoms with E-state index < -0.39 is 5.91 Å². The molecule has 29 heavy (non-hydrogen) atoms. The molecule has 0 unspecified atom stereocenters. The predicted octanol–water partition coefficient (Wildman–Crippen LogP) is 6.20. The van der Waals surface area contributed by atoms with E-state index in [9.17, 15) is 10.1 Å². The quantitative estimate of drug-likeness (QED) is 0.375. The minimum Gasteiger partial charge on any atom is -0.321 e. The van der Waals surface area contributed by atoms with E-state index in [-0.39, 0.29) is 5.57 Å². The van der Waals surface area contributed by atoms with E-state index >= 15 is 0 Å². The number of aryl methyl sites for hydroxylation is 2. The van der Waals surface area contributed by atoms with Gasteiger partial charge in [0.1, 0.15) is 11.6 Å². The fourth-order valence-electron chi connectivity index (χ4n) is 3.00. The van der Waals surface area contributed by atoms with Gasteiger partial charge in [0.15, 0.2) is 0 Å². The molecule has 0 saturated heterocycles. The highest BCUT2D eigenvalue weighted by Gasteiger charge is 2.12. The number of nitriles is 1. The molecule has 0 aromatic heterocycles. The number of rotatable bonds is 5. The standard InChI is InChI=1S/C25H21BrN2O/c1-17-11-12-23(13-18(17)2)28-25(29)22(16-27)15-20-8-4-3-7-19(20)14-21-9-5-6-10-24(21)26/h3-13,15H,14H2,1-2H3,(H,28,29)/b22-15+. The lowest BCUT2D eigenvalue weighted by Crippen LogP contribution is -2.13. The van der Waals surface area contributed by atoms with Crippen LogP contribution in [0, 0.1) is 25.2 Å². The van der Waals surface area contributed by atoms with Crippen molar-refractivity contribution < 1.29 is 4.79 Å². The predicted molar refractivity (Wildman–Crippen MR) is 122 cm³/mol. The van der Waals surface area contributed by atoms with Crippen molar-refractivity contribution in [1.82, 2.24) is 0 Å². The van der Waals surface area contributed by atoms with E-state index in [4.69, 9.17) is 0 Å². The van der Waals surface area contributed by atoms with Crippen LogP contribution in [-0.2, 0) is 11.2 Å². The van der Waals surface area contributed by atoms with Crippen molar-refractivity contribution in [3.05, 3.63) is 105 Å². The zero-order valence-electron chi connectivity index (χ0n) is 16.4. The molecule has 0 heterocycles. The van der Waals surface area contributed by atoms with E-state index in [0.717, 1.165) is 32.3 Å². The van der Waals surface area contributed by atoms with Crippen LogP contribution in [0.15, 0.2) is 76.8 Å². The lowest BCUT2D eigenvalue weighted by molar-refractivity contribution is -0.112. The zero-order chi connectivity index (χ0) is 20.8. The molecule has 144 valence electrons. The Morgan fingerprint density at radius 1 is 1.00 bits per heavy atom. The number of hydrogen-bond donors (Lipinski definition) is 1. The molecule has 1 N–H and O–H groups in total. The van der Waals surface area contributed by atoms with Gasteiger partial charge in [0.2, 0.25) is 0 Å². The Balaban J connectivity index is 1.87. The molecule has 4 heteroatoms. The van der Waals surface area contributed by atoms with E-state index in [1.54, 1.807) is 6.08 Å². The maximum atomic E-state index is 12.7. The van der Waals surface area contributed by atoms with Crippen LogP contribution in [-0.4, -0.2) is 5.91 Å². The van der Waals surface area contributed by atoms with E-state index in [2.05, 4.69) is 27.3 Å². The van der Waals surface area contributed by atoms with Gasteiger partial charge in [-0.15, -0.1) is 0 Å². The van der Waals surface area contributed by atoms with Crippen molar-refractivity contribution in [3.63, 3.8) is 0 Å². The van der Waals surface area contributed by atoms with E-state index in [1.807, 2.05) is 80.6 Å². The highest BCUT2D eigenvalue weighted by molar-refractivity contribution is 9.10. The number of amides is 1. The summed E-state index contributed by atoms with van der Waals surface area (Å²) >= 11 is 3.58. The molecule has 0 spiro atoms. The second-order valence-corrected chi connectivity index (χ2v) is 7.74. The number of benzene rings is 3. The van der Waals surface area contributed by atoms with Gasteiger partial charge in [-0.25, -0.2) is 0 Å². The van der Waals surface area contributed by atoms with Gasteiger partial charge in [-0.2, -0.15) is 5.26 Å². The summed E-state index contributed by atoms with van der Waals surface area (Å²) in [6, 6.07) is 23.6. The summed E-state index contributed by atoms with van der Waals surface area (Å²) < 4.78 is 1.03. The van der Waals surface area contributed by atoms with Crippen LogP contribution in [0.25, 0.3) is 6.08 Å². The van der Waals surface area contributed by atoms with Gasteiger partial charge in [-0.1, -0.05) is 64.5 Å². The van der Waals surface area contributed by atoms with Crippen LogP contribution >= 0.6 is 15.9 Å². The largest absolute Gasteiger partial charge is 0.321 e. The van der Waals surface area contributed by atoms with Crippen LogP contribution in [0.1, 0.15) is 27.8 Å². The highest BCUT2D eigenvalue weighted by atomic mass is 79.9. The third-order valence-electron chi connectivity index (χ3n) is 4.82. The number of halogens is 1. The second kappa shape index (κ2) is 9.36. The first-order valence-corrected chi connectivity index (χ1v) is 10.1. The molecule has 3 aromatic rings. The maximum absolute atomic E-state index is 12.7. The Morgan fingerprint density at radius 3 is 2.38 bits per heavy atom. The topological polar surface area (TPSA) is 52.9 Å². The van der Waals surface area contributed by atoms with Gasteiger partial charge in [-0.3, -0.25) is 4.79 Å². The summed E-state index contributed by atoms with van der Waals surface area (Å²) in [5.74, 6) is -0.411. The Hall–Kier alpha value is -3.16. The van der Waals surface area contributed by atoms with Crippen LogP contribution in [0.5, 0.6) is 0 Å². The normalized spacial score (nSPS) is 11.0. The Labute approximate surface area is 179 Å². The Kier molecular flexibility index (Phi) is 6.64. The maximum Gasteiger partial charge on any atom is 0.266 e. The summed E-state index contributed by atoms with van der Waals surface area (Å²) in [7, 11) is 0. The van der Waals surface area contributed by atoms with Gasteiger partial charge in [0.25, 0.3) is 5.91 Å². The van der Waals surface area contributed by atoms with Crippen molar-refractivity contribution >= 4 is 33.6 Å². The molecule has 0 aliphatic carbocycles. The zero-order valence-corrected chi connectivity index (χ0v) is 18.0. The fraction of sp³-hybridized carbons (Fsp3) is 0.120. The van der Waals surface area contributed by atoms with Crippen molar-refractivity contribution in [2.24, 2.45) is 0 Å². The molecule has 0 aliphatic heterocycles. The molecule has 0 fully saturated rings. The molecule has 1 amide bonds. The molecular weight excluding hydrogens is 424 g/mol. The summed E-state index contributed by atoms with van der Waals surface area (Å²) in [6.07, 6.45) is 2.36. The Morgan fingerprint density at radius 2 is 1.69 bits per heavy atom. The smallest absolute Gasteiger partial charge is 0.266 e. The minimum absolute atomic E-state index is 0.0720. The van der Waals surface area contributed by atoms with E-state index in [1.165, 1.54) is 0 Å². The van der Waals surface area contributed by atoms with Crippen molar-refractivity contribution in [3.8, 4) is 6.07 Å². The molecule has 3 aromatic carbocycles. The van der Waals surface area contributed by atoms with Crippen LogP contribution in [0.4, 0.5) is 5.69 Å². The van der Waals surface area contributed by atoms with E-state index in [0.29, 0.717) is 12.1 Å². The molecule has 0 aliphatic rings. The molecule has 0 bridgehead atoms.